The van der Waals surface area contributed by atoms with Crippen LogP contribution < -0.4 is 4.72 Å². The lowest BCUT2D eigenvalue weighted by Crippen LogP contribution is -2.23. The van der Waals surface area contributed by atoms with Crippen LogP contribution in [0.25, 0.3) is 6.08 Å². The summed E-state index contributed by atoms with van der Waals surface area (Å²) in [6.45, 7) is 0.0483. The van der Waals surface area contributed by atoms with Gasteiger partial charge in [0.15, 0.2) is 5.78 Å². The zero-order valence-corrected chi connectivity index (χ0v) is 15.8. The predicted octanol–water partition coefficient (Wildman–Crippen LogP) is 4.26. The van der Waals surface area contributed by atoms with Gasteiger partial charge in [-0.1, -0.05) is 18.2 Å². The molecule has 0 saturated carbocycles. The molecule has 4 nitrogen and oxygen atoms in total. The number of thiophene rings is 1. The van der Waals surface area contributed by atoms with E-state index in [1.54, 1.807) is 17.4 Å². The number of hydrogen-bond donors (Lipinski definition) is 1. The van der Waals surface area contributed by atoms with Crippen LogP contribution in [0, 0.1) is 5.82 Å². The molecule has 0 amide bonds. The molecule has 138 valence electrons. The Morgan fingerprint density at radius 3 is 2.37 bits per heavy atom. The van der Waals surface area contributed by atoms with Crippen LogP contribution >= 0.6 is 11.3 Å². The summed E-state index contributed by atoms with van der Waals surface area (Å²) in [6, 6.07) is 13.2. The summed E-state index contributed by atoms with van der Waals surface area (Å²) < 4.78 is 40.1. The molecule has 0 saturated heterocycles. The number of carbonyl (C=O) groups excluding carboxylic acids is 1. The highest BCUT2D eigenvalue weighted by Crippen LogP contribution is 2.14. The summed E-state index contributed by atoms with van der Waals surface area (Å²) in [5.74, 6) is -0.584. The first-order chi connectivity index (χ1) is 12.9. The van der Waals surface area contributed by atoms with Crippen molar-refractivity contribution < 1.29 is 17.6 Å². The van der Waals surface area contributed by atoms with Crippen molar-refractivity contribution in [1.29, 1.82) is 0 Å². The van der Waals surface area contributed by atoms with Crippen molar-refractivity contribution in [3.05, 3.63) is 93.9 Å². The van der Waals surface area contributed by atoms with E-state index in [9.17, 15) is 17.6 Å². The molecule has 0 atom stereocenters. The first-order valence-electron chi connectivity index (χ1n) is 8.03. The maximum absolute atomic E-state index is 12.9. The third-order valence-corrected chi connectivity index (χ3v) is 5.92. The Morgan fingerprint density at radius 1 is 1.04 bits per heavy atom. The van der Waals surface area contributed by atoms with Crippen LogP contribution in [0.2, 0.25) is 0 Å². The van der Waals surface area contributed by atoms with Gasteiger partial charge in [-0.2, -0.15) is 11.3 Å². The number of ketones is 1. The van der Waals surface area contributed by atoms with Gasteiger partial charge in [0.25, 0.3) is 0 Å². The van der Waals surface area contributed by atoms with Crippen LogP contribution in [0.1, 0.15) is 21.5 Å². The van der Waals surface area contributed by atoms with E-state index in [-0.39, 0.29) is 23.0 Å². The number of allylic oxidation sites excluding steroid dienone is 1. The van der Waals surface area contributed by atoms with Gasteiger partial charge in [0.2, 0.25) is 10.0 Å². The zero-order valence-electron chi connectivity index (χ0n) is 14.1. The number of hydrogen-bond acceptors (Lipinski definition) is 4. The van der Waals surface area contributed by atoms with E-state index in [0.717, 1.165) is 5.56 Å². The fraction of sp³-hybridized carbons (Fsp3) is 0.0500. The lowest BCUT2D eigenvalue weighted by atomic mass is 10.1. The Balaban J connectivity index is 1.66. The number of sulfonamides is 1. The van der Waals surface area contributed by atoms with Crippen LogP contribution in [0.15, 0.2) is 76.3 Å². The Labute approximate surface area is 161 Å². The number of carbonyl (C=O) groups is 1. The monoisotopic (exact) mass is 401 g/mol. The van der Waals surface area contributed by atoms with Crippen molar-refractivity contribution in [1.82, 2.24) is 4.72 Å². The third kappa shape index (κ3) is 5.19. The quantitative estimate of drug-likeness (QED) is 0.475. The Kier molecular flexibility index (Phi) is 5.95. The molecule has 0 spiro atoms. The summed E-state index contributed by atoms with van der Waals surface area (Å²) in [5, 5.41) is 3.84. The van der Waals surface area contributed by atoms with Crippen LogP contribution in [0.4, 0.5) is 4.39 Å². The fourth-order valence-corrected chi connectivity index (χ4v) is 3.95. The maximum Gasteiger partial charge on any atom is 0.240 e. The minimum absolute atomic E-state index is 0.0483. The maximum atomic E-state index is 12.9. The average molecular weight is 401 g/mol. The zero-order chi connectivity index (χ0) is 19.3. The van der Waals surface area contributed by atoms with E-state index in [2.05, 4.69) is 4.72 Å². The summed E-state index contributed by atoms with van der Waals surface area (Å²) in [7, 11) is -3.73. The second-order valence-corrected chi connectivity index (χ2v) is 8.28. The molecule has 0 radical (unpaired) electrons. The van der Waals surface area contributed by atoms with Gasteiger partial charge in [-0.25, -0.2) is 17.5 Å². The number of rotatable bonds is 7. The first kappa shape index (κ1) is 19.2. The normalized spacial score (nSPS) is 11.7. The summed E-state index contributed by atoms with van der Waals surface area (Å²) in [5.41, 5.74) is 1.99. The van der Waals surface area contributed by atoms with E-state index < -0.39 is 10.0 Å². The third-order valence-electron chi connectivity index (χ3n) is 3.80. The number of halogens is 1. The molecule has 2 aromatic carbocycles. The van der Waals surface area contributed by atoms with Crippen LogP contribution in [0.3, 0.4) is 0 Å². The fourth-order valence-electron chi connectivity index (χ4n) is 2.30. The highest BCUT2D eigenvalue weighted by Gasteiger charge is 2.14. The van der Waals surface area contributed by atoms with Crippen molar-refractivity contribution >= 4 is 33.2 Å². The van der Waals surface area contributed by atoms with Crippen molar-refractivity contribution in [3.63, 3.8) is 0 Å². The standard InChI is InChI=1S/C20H16FNO3S2/c21-18-6-1-15(2-7-18)13-22-27(24,25)19-8-4-17(5-9-19)20(23)10-3-16-11-12-26-14-16/h1-12,14,22H,13H2/b10-3+. The lowest BCUT2D eigenvalue weighted by Gasteiger charge is -2.07. The van der Waals surface area contributed by atoms with Crippen LogP contribution in [-0.4, -0.2) is 14.2 Å². The van der Waals surface area contributed by atoms with Gasteiger partial charge in [0.05, 0.1) is 4.90 Å². The molecule has 1 aromatic heterocycles. The molecular weight excluding hydrogens is 385 g/mol. The van der Waals surface area contributed by atoms with Gasteiger partial charge in [-0.05, 0) is 70.4 Å². The summed E-state index contributed by atoms with van der Waals surface area (Å²) in [4.78, 5) is 12.2. The average Bonchev–Trinajstić information content (AvgIpc) is 3.19. The molecule has 0 aliphatic carbocycles. The Hall–Kier alpha value is -2.61. The minimum Gasteiger partial charge on any atom is -0.289 e. The van der Waals surface area contributed by atoms with Crippen molar-refractivity contribution in [2.75, 3.05) is 0 Å². The molecule has 0 aliphatic rings. The highest BCUT2D eigenvalue weighted by molar-refractivity contribution is 7.89. The van der Waals surface area contributed by atoms with E-state index in [0.29, 0.717) is 11.1 Å². The van der Waals surface area contributed by atoms with Gasteiger partial charge >= 0.3 is 0 Å². The minimum atomic E-state index is -3.73. The largest absolute Gasteiger partial charge is 0.289 e. The SMILES string of the molecule is O=C(/C=C/c1ccsc1)c1ccc(S(=O)(=O)NCc2ccc(F)cc2)cc1. The molecular formula is C20H16FNO3S2. The number of nitrogens with one attached hydrogen (secondary N) is 1. The van der Waals surface area contributed by atoms with E-state index in [4.69, 9.17) is 0 Å². The van der Waals surface area contributed by atoms with E-state index >= 15 is 0 Å². The molecule has 27 heavy (non-hydrogen) atoms. The van der Waals surface area contributed by atoms with Gasteiger partial charge in [0.1, 0.15) is 5.82 Å². The van der Waals surface area contributed by atoms with Gasteiger partial charge < -0.3 is 0 Å². The topological polar surface area (TPSA) is 63.2 Å². The molecule has 1 N–H and O–H groups in total. The highest BCUT2D eigenvalue weighted by atomic mass is 32.2. The van der Waals surface area contributed by atoms with Crippen molar-refractivity contribution in [2.45, 2.75) is 11.4 Å². The lowest BCUT2D eigenvalue weighted by molar-refractivity contribution is 0.104. The second kappa shape index (κ2) is 8.39. The van der Waals surface area contributed by atoms with Crippen molar-refractivity contribution in [3.8, 4) is 0 Å². The van der Waals surface area contributed by atoms with E-state index in [1.807, 2.05) is 16.8 Å². The predicted molar refractivity (Wildman–Crippen MR) is 105 cm³/mol. The molecule has 0 fully saturated rings. The first-order valence-corrected chi connectivity index (χ1v) is 10.5. The Bertz CT molecular complexity index is 1040. The van der Waals surface area contributed by atoms with Crippen LogP contribution in [-0.2, 0) is 16.6 Å². The summed E-state index contributed by atoms with van der Waals surface area (Å²) in [6.07, 6.45) is 3.17. The second-order valence-electron chi connectivity index (χ2n) is 5.73. The number of benzene rings is 2. The smallest absolute Gasteiger partial charge is 0.240 e. The van der Waals surface area contributed by atoms with E-state index in [1.165, 1.54) is 54.6 Å². The summed E-state index contributed by atoms with van der Waals surface area (Å²) >= 11 is 1.54. The molecule has 7 heteroatoms. The van der Waals surface area contributed by atoms with Gasteiger partial charge in [-0.3, -0.25) is 4.79 Å². The van der Waals surface area contributed by atoms with Crippen molar-refractivity contribution in [2.24, 2.45) is 0 Å². The van der Waals surface area contributed by atoms with Gasteiger partial charge in [-0.15, -0.1) is 0 Å². The molecule has 0 unspecified atom stereocenters. The molecule has 0 aliphatic heterocycles. The Morgan fingerprint density at radius 2 is 1.74 bits per heavy atom. The molecule has 3 rings (SSSR count). The van der Waals surface area contributed by atoms with Gasteiger partial charge in [0, 0.05) is 12.1 Å². The molecule has 3 aromatic rings. The molecule has 0 bridgehead atoms. The van der Waals surface area contributed by atoms with Crippen LogP contribution in [0.5, 0.6) is 0 Å². The molecule has 1 heterocycles.